The highest BCUT2D eigenvalue weighted by molar-refractivity contribution is 5.90. The van der Waals surface area contributed by atoms with Gasteiger partial charge in [-0.2, -0.15) is 0 Å². The zero-order chi connectivity index (χ0) is 27.4. The van der Waals surface area contributed by atoms with Crippen LogP contribution in [0.5, 0.6) is 0 Å². The number of methoxy groups -OCH3 is 1. The molecule has 1 saturated heterocycles. The van der Waals surface area contributed by atoms with E-state index in [1.807, 2.05) is 0 Å². The van der Waals surface area contributed by atoms with E-state index in [2.05, 4.69) is 41.5 Å². The van der Waals surface area contributed by atoms with E-state index in [0.29, 0.717) is 24.2 Å². The number of ketones is 1. The van der Waals surface area contributed by atoms with Crippen LogP contribution in [0.1, 0.15) is 99.8 Å². The highest BCUT2D eigenvalue weighted by Crippen LogP contribution is 2.86. The van der Waals surface area contributed by atoms with Crippen molar-refractivity contribution in [2.45, 2.75) is 124 Å². The summed E-state index contributed by atoms with van der Waals surface area (Å²) in [5, 5.41) is 21.8. The second kappa shape index (κ2) is 8.14. The lowest BCUT2D eigenvalue weighted by Gasteiger charge is -2.63. The van der Waals surface area contributed by atoms with Crippen LogP contribution in [0.3, 0.4) is 0 Å². The van der Waals surface area contributed by atoms with Gasteiger partial charge in [0.2, 0.25) is 0 Å². The summed E-state index contributed by atoms with van der Waals surface area (Å²) in [4.78, 5) is 26.1. The highest BCUT2D eigenvalue weighted by atomic mass is 16.6. The molecule has 0 aromatic heterocycles. The molecule has 1 aliphatic heterocycles. The molecule has 0 aromatic rings. The minimum absolute atomic E-state index is 0.0595. The van der Waals surface area contributed by atoms with Crippen molar-refractivity contribution in [1.29, 1.82) is 0 Å². The van der Waals surface area contributed by atoms with Gasteiger partial charge in [-0.1, -0.05) is 41.5 Å². The number of Topliss-reactive ketones (excluding diaryl/α,β-unsaturated/α-hetero) is 1. The van der Waals surface area contributed by atoms with Gasteiger partial charge in [-0.05, 0) is 86.0 Å². The normalized spacial score (nSPS) is 49.7. The average Bonchev–Trinajstić information content (AvgIpc) is 3.38. The fourth-order valence-electron chi connectivity index (χ4n) is 10.9. The molecule has 6 nitrogen and oxygen atoms in total. The van der Waals surface area contributed by atoms with Gasteiger partial charge in [-0.3, -0.25) is 4.79 Å². The van der Waals surface area contributed by atoms with Crippen LogP contribution in [0, 0.1) is 38.9 Å². The molecule has 4 aliphatic carbocycles. The Morgan fingerprint density at radius 2 is 1.84 bits per heavy atom. The molecular weight excluding hydrogens is 468 g/mol. The van der Waals surface area contributed by atoms with Crippen LogP contribution in [0.25, 0.3) is 0 Å². The van der Waals surface area contributed by atoms with E-state index in [1.165, 1.54) is 7.11 Å². The monoisotopic (exact) mass is 516 g/mol. The lowest BCUT2D eigenvalue weighted by Crippen LogP contribution is -2.67. The van der Waals surface area contributed by atoms with Crippen molar-refractivity contribution in [3.8, 4) is 0 Å². The molecule has 37 heavy (non-hydrogen) atoms. The lowest BCUT2D eigenvalue weighted by atomic mass is 9.40. The van der Waals surface area contributed by atoms with Gasteiger partial charge in [0.1, 0.15) is 11.4 Å². The van der Waals surface area contributed by atoms with Crippen LogP contribution in [0.15, 0.2) is 11.6 Å². The first kappa shape index (κ1) is 27.3. The summed E-state index contributed by atoms with van der Waals surface area (Å²) in [7, 11) is 1.35. The fourth-order valence-corrected chi connectivity index (χ4v) is 10.9. The van der Waals surface area contributed by atoms with Crippen molar-refractivity contribution in [3.05, 3.63) is 11.6 Å². The first-order valence-electron chi connectivity index (χ1n) is 14.4. The smallest absolute Gasteiger partial charge is 0.333 e. The Bertz CT molecular complexity index is 1030. The molecule has 5 rings (SSSR count). The molecule has 6 heteroatoms. The Kier molecular flexibility index (Phi) is 6.01. The maximum atomic E-state index is 14.2. The number of hydrogen-bond donors (Lipinski definition) is 2. The topological polar surface area (TPSA) is 96.4 Å². The third kappa shape index (κ3) is 3.04. The van der Waals surface area contributed by atoms with Crippen LogP contribution in [-0.2, 0) is 19.1 Å². The maximum absolute atomic E-state index is 14.2. The predicted octanol–water partition coefficient (Wildman–Crippen LogP) is 4.99. The van der Waals surface area contributed by atoms with Gasteiger partial charge in [-0.25, -0.2) is 4.79 Å². The Morgan fingerprint density at radius 3 is 2.49 bits per heavy atom. The summed E-state index contributed by atoms with van der Waals surface area (Å²) >= 11 is 0. The Labute approximate surface area is 222 Å². The number of aliphatic hydroxyl groups is 2. The van der Waals surface area contributed by atoms with Gasteiger partial charge in [0.25, 0.3) is 0 Å². The third-order valence-corrected chi connectivity index (χ3v) is 13.3. The quantitative estimate of drug-likeness (QED) is 0.304. The zero-order valence-electron chi connectivity index (χ0n) is 24.1. The number of aliphatic hydroxyl groups excluding tert-OH is 2. The van der Waals surface area contributed by atoms with Gasteiger partial charge in [-0.15, -0.1) is 0 Å². The average molecular weight is 517 g/mol. The Balaban J connectivity index is 1.51. The lowest BCUT2D eigenvalue weighted by molar-refractivity contribution is -0.197. The van der Waals surface area contributed by atoms with Crippen molar-refractivity contribution in [3.63, 3.8) is 0 Å². The van der Waals surface area contributed by atoms with Gasteiger partial charge in [0, 0.05) is 17.4 Å². The molecule has 0 radical (unpaired) electrons. The van der Waals surface area contributed by atoms with E-state index in [9.17, 15) is 19.8 Å². The molecular formula is C31H48O6. The van der Waals surface area contributed by atoms with Crippen molar-refractivity contribution in [1.82, 2.24) is 0 Å². The molecule has 2 N–H and O–H groups in total. The number of epoxide rings is 1. The molecule has 0 unspecified atom stereocenters. The number of rotatable bonds is 5. The second-order valence-corrected chi connectivity index (χ2v) is 14.6. The zero-order valence-corrected chi connectivity index (χ0v) is 24.1. The predicted molar refractivity (Wildman–Crippen MR) is 141 cm³/mol. The van der Waals surface area contributed by atoms with Crippen LogP contribution in [0.4, 0.5) is 0 Å². The molecule has 0 amide bonds. The van der Waals surface area contributed by atoms with Crippen LogP contribution in [0.2, 0.25) is 0 Å². The first-order valence-corrected chi connectivity index (χ1v) is 14.4. The SMILES string of the molecule is COC(=O)/C(C)=C/[C@@H](O)C[C@@H](C)[C@@]1(C)C[C@@H]2O[C@]23[C@]1(C)CCC(=O)[C@@]31CC[C@H]2C(C)(C)[C@H](O)CC[C@@]21C. The van der Waals surface area contributed by atoms with E-state index in [-0.39, 0.29) is 45.7 Å². The maximum Gasteiger partial charge on any atom is 0.333 e. The third-order valence-electron chi connectivity index (χ3n) is 13.3. The van der Waals surface area contributed by atoms with E-state index in [1.54, 1.807) is 13.0 Å². The van der Waals surface area contributed by atoms with E-state index < -0.39 is 23.1 Å². The Morgan fingerprint density at radius 1 is 1.16 bits per heavy atom. The first-order chi connectivity index (χ1) is 17.1. The summed E-state index contributed by atoms with van der Waals surface area (Å²) in [6, 6.07) is 0. The summed E-state index contributed by atoms with van der Waals surface area (Å²) < 4.78 is 11.6. The van der Waals surface area contributed by atoms with Gasteiger partial charge in [0.15, 0.2) is 0 Å². The fraction of sp³-hybridized carbons (Fsp3) is 0.871. The Hall–Kier alpha value is -1.24. The van der Waals surface area contributed by atoms with Crippen LogP contribution >= 0.6 is 0 Å². The molecule has 5 fully saturated rings. The standard InChI is InChI=1S/C31H48O6/c1-18(25(35)36-8)15-20(32)16-19(2)28(6)17-24-31(37-24)29(28,7)13-11-23(34)30(31)14-9-21-26(3,4)22(33)10-12-27(21,30)5/h15,19-22,24,32-33H,9-14,16-17H2,1-8H3/b18-15+/t19-,20-,21+,22-,24+,27+,28-,29-,30-,31+/m1/s1. The minimum atomic E-state index is -0.739. The molecule has 1 heterocycles. The van der Waals surface area contributed by atoms with E-state index in [0.717, 1.165) is 38.5 Å². The molecule has 0 bridgehead atoms. The van der Waals surface area contributed by atoms with Crippen molar-refractivity contribution in [2.24, 2.45) is 38.9 Å². The number of ether oxygens (including phenoxy) is 2. The molecule has 10 atom stereocenters. The molecule has 5 aliphatic rings. The van der Waals surface area contributed by atoms with E-state index >= 15 is 0 Å². The second-order valence-electron chi connectivity index (χ2n) is 14.6. The number of carbonyl (C=O) groups excluding carboxylic acids is 2. The molecule has 0 aromatic carbocycles. The van der Waals surface area contributed by atoms with Crippen molar-refractivity contribution < 1.29 is 29.3 Å². The highest BCUT2D eigenvalue weighted by Gasteiger charge is 2.91. The van der Waals surface area contributed by atoms with Gasteiger partial charge < -0.3 is 19.7 Å². The van der Waals surface area contributed by atoms with Crippen LogP contribution < -0.4 is 0 Å². The van der Waals surface area contributed by atoms with Crippen LogP contribution in [-0.4, -0.2) is 53.0 Å². The summed E-state index contributed by atoms with van der Waals surface area (Å²) in [6.07, 6.45) is 6.82. The van der Waals surface area contributed by atoms with Gasteiger partial charge in [0.05, 0.1) is 30.8 Å². The minimum Gasteiger partial charge on any atom is -0.466 e. The summed E-state index contributed by atoms with van der Waals surface area (Å²) in [5.41, 5.74) is -1.30. The van der Waals surface area contributed by atoms with Crippen molar-refractivity contribution in [2.75, 3.05) is 7.11 Å². The largest absolute Gasteiger partial charge is 0.466 e. The summed E-state index contributed by atoms with van der Waals surface area (Å²) in [5.74, 6) is 0.420. The van der Waals surface area contributed by atoms with E-state index in [4.69, 9.17) is 9.47 Å². The number of fused-ring (bicyclic) bond motifs is 2. The van der Waals surface area contributed by atoms with Gasteiger partial charge >= 0.3 is 5.97 Å². The number of hydrogen-bond acceptors (Lipinski definition) is 6. The molecule has 2 spiro atoms. The number of carbonyl (C=O) groups is 2. The molecule has 4 saturated carbocycles. The number of esters is 1. The molecule has 208 valence electrons. The van der Waals surface area contributed by atoms with Crippen molar-refractivity contribution >= 4 is 11.8 Å². The summed E-state index contributed by atoms with van der Waals surface area (Å²) in [6.45, 7) is 15.3.